The van der Waals surface area contributed by atoms with E-state index in [-0.39, 0.29) is 29.1 Å². The van der Waals surface area contributed by atoms with E-state index < -0.39 is 10.0 Å². The lowest BCUT2D eigenvalue weighted by atomic mass is 10.2. The molecule has 1 fully saturated rings. The third-order valence-electron chi connectivity index (χ3n) is 4.57. The highest BCUT2D eigenvalue weighted by atomic mass is 32.2. The van der Waals surface area contributed by atoms with Crippen LogP contribution >= 0.6 is 0 Å². The van der Waals surface area contributed by atoms with Gasteiger partial charge in [0.25, 0.3) is 5.91 Å². The van der Waals surface area contributed by atoms with Crippen LogP contribution in [0.3, 0.4) is 0 Å². The van der Waals surface area contributed by atoms with E-state index in [9.17, 15) is 13.2 Å². The van der Waals surface area contributed by atoms with E-state index in [0.29, 0.717) is 12.2 Å². The molecule has 1 aromatic carbocycles. The molecular weight excluding hydrogens is 354 g/mol. The van der Waals surface area contributed by atoms with Gasteiger partial charge in [0.15, 0.2) is 6.54 Å². The number of carbonyl (C=O) groups excluding carboxylic acids is 1. The molecule has 26 heavy (non-hydrogen) atoms. The maximum atomic E-state index is 12.5. The first-order valence-corrected chi connectivity index (χ1v) is 10.4. The van der Waals surface area contributed by atoms with Gasteiger partial charge in [0, 0.05) is 18.8 Å². The van der Waals surface area contributed by atoms with Gasteiger partial charge < -0.3 is 15.0 Å². The predicted octanol–water partition coefficient (Wildman–Crippen LogP) is 0.346. The number of rotatable bonds is 6. The van der Waals surface area contributed by atoms with Crippen LogP contribution in [0.2, 0.25) is 0 Å². The zero-order chi connectivity index (χ0) is 19.5. The highest BCUT2D eigenvalue weighted by Gasteiger charge is 2.27. The monoisotopic (exact) mass is 384 g/mol. The van der Waals surface area contributed by atoms with Gasteiger partial charge >= 0.3 is 0 Å². The Bertz CT molecular complexity index is 708. The number of quaternary nitrogens is 1. The Kier molecular flexibility index (Phi) is 6.79. The summed E-state index contributed by atoms with van der Waals surface area (Å²) in [6.45, 7) is 9.65. The Morgan fingerprint density at radius 2 is 1.77 bits per heavy atom. The van der Waals surface area contributed by atoms with Crippen LogP contribution in [-0.2, 0) is 19.6 Å². The van der Waals surface area contributed by atoms with Crippen molar-refractivity contribution >= 4 is 21.6 Å². The largest absolute Gasteiger partial charge is 0.364 e. The third kappa shape index (κ3) is 5.26. The number of benzene rings is 1. The van der Waals surface area contributed by atoms with E-state index in [1.807, 2.05) is 27.7 Å². The number of hydrogen-bond donors (Lipinski definition) is 2. The van der Waals surface area contributed by atoms with Gasteiger partial charge in [-0.3, -0.25) is 4.79 Å². The molecule has 2 atom stereocenters. The second-order valence-corrected chi connectivity index (χ2v) is 9.28. The maximum Gasteiger partial charge on any atom is 0.279 e. The van der Waals surface area contributed by atoms with E-state index in [1.165, 1.54) is 21.3 Å². The number of carbonyl (C=O) groups is 1. The minimum atomic E-state index is -3.52. The van der Waals surface area contributed by atoms with Crippen molar-refractivity contribution in [1.82, 2.24) is 4.31 Å². The van der Waals surface area contributed by atoms with E-state index in [1.54, 1.807) is 19.2 Å². The van der Waals surface area contributed by atoms with E-state index >= 15 is 0 Å². The summed E-state index contributed by atoms with van der Waals surface area (Å²) in [7, 11) is -1.96. The first-order chi connectivity index (χ1) is 12.1. The number of morpholine rings is 1. The topological polar surface area (TPSA) is 80.2 Å². The van der Waals surface area contributed by atoms with Gasteiger partial charge in [0.05, 0.1) is 4.90 Å². The van der Waals surface area contributed by atoms with Crippen LogP contribution in [0.1, 0.15) is 27.7 Å². The van der Waals surface area contributed by atoms with Crippen molar-refractivity contribution in [3.8, 4) is 0 Å². The molecule has 0 saturated carbocycles. The van der Waals surface area contributed by atoms with Crippen molar-refractivity contribution in [1.29, 1.82) is 0 Å². The fourth-order valence-corrected chi connectivity index (χ4v) is 4.49. The minimum Gasteiger partial charge on any atom is -0.364 e. The summed E-state index contributed by atoms with van der Waals surface area (Å²) >= 11 is 0. The summed E-state index contributed by atoms with van der Waals surface area (Å²) in [5, 5.41) is 2.84. The summed E-state index contributed by atoms with van der Waals surface area (Å²) < 4.78 is 31.9. The van der Waals surface area contributed by atoms with Crippen molar-refractivity contribution in [3.05, 3.63) is 24.3 Å². The fourth-order valence-electron chi connectivity index (χ4n) is 3.12. The molecule has 2 rings (SSSR count). The summed E-state index contributed by atoms with van der Waals surface area (Å²) in [4.78, 5) is 13.7. The zero-order valence-electron chi connectivity index (χ0n) is 16.2. The Hall–Kier alpha value is -1.48. The minimum absolute atomic E-state index is 0.0868. The van der Waals surface area contributed by atoms with Crippen LogP contribution < -0.4 is 10.2 Å². The van der Waals surface area contributed by atoms with Crippen LogP contribution in [-0.4, -0.2) is 63.6 Å². The Morgan fingerprint density at radius 1 is 1.23 bits per heavy atom. The summed E-state index contributed by atoms with van der Waals surface area (Å²) in [6, 6.07) is 6.17. The SMILES string of the molecule is CC(C)N(C)S(=O)(=O)c1ccc(NC(=O)C[NH+]2C[C@H](C)O[C@@H](C)C2)cc1. The van der Waals surface area contributed by atoms with Gasteiger partial charge in [-0.1, -0.05) is 0 Å². The number of ether oxygens (including phenoxy) is 1. The molecule has 0 radical (unpaired) electrons. The van der Waals surface area contributed by atoms with Crippen molar-refractivity contribution < 1.29 is 22.8 Å². The normalized spacial score (nSPS) is 24.0. The molecule has 0 unspecified atom stereocenters. The lowest BCUT2D eigenvalue weighted by molar-refractivity contribution is -0.907. The molecule has 0 aromatic heterocycles. The third-order valence-corrected chi connectivity index (χ3v) is 6.62. The maximum absolute atomic E-state index is 12.5. The van der Waals surface area contributed by atoms with Gasteiger partial charge in [-0.15, -0.1) is 0 Å². The van der Waals surface area contributed by atoms with Crippen molar-refractivity contribution in [2.75, 3.05) is 32.0 Å². The molecule has 0 spiro atoms. The second kappa shape index (κ2) is 8.47. The molecule has 1 aromatic rings. The summed E-state index contributed by atoms with van der Waals surface area (Å²) in [5.74, 6) is -0.0868. The van der Waals surface area contributed by atoms with E-state index in [2.05, 4.69) is 5.32 Å². The lowest BCUT2D eigenvalue weighted by Crippen LogP contribution is -3.16. The molecule has 1 aliphatic rings. The van der Waals surface area contributed by atoms with Gasteiger partial charge in [0.1, 0.15) is 25.3 Å². The molecule has 7 nitrogen and oxygen atoms in total. The number of amides is 1. The fraction of sp³-hybridized carbons (Fsp3) is 0.611. The van der Waals surface area contributed by atoms with Crippen LogP contribution in [0.5, 0.6) is 0 Å². The van der Waals surface area contributed by atoms with Crippen molar-refractivity contribution in [2.24, 2.45) is 0 Å². The summed E-state index contributed by atoms with van der Waals surface area (Å²) in [5.41, 5.74) is 0.593. The molecule has 1 amide bonds. The number of nitrogens with one attached hydrogen (secondary N) is 2. The average Bonchev–Trinajstić information content (AvgIpc) is 2.53. The molecule has 2 N–H and O–H groups in total. The highest BCUT2D eigenvalue weighted by molar-refractivity contribution is 7.89. The predicted molar refractivity (Wildman–Crippen MR) is 101 cm³/mol. The Morgan fingerprint density at radius 3 is 2.27 bits per heavy atom. The molecule has 1 saturated heterocycles. The zero-order valence-corrected chi connectivity index (χ0v) is 17.0. The first kappa shape index (κ1) is 20.8. The molecule has 146 valence electrons. The Balaban J connectivity index is 1.97. The molecule has 0 bridgehead atoms. The number of sulfonamides is 1. The number of anilines is 1. The van der Waals surface area contributed by atoms with E-state index in [0.717, 1.165) is 13.1 Å². The van der Waals surface area contributed by atoms with Gasteiger partial charge in [0.2, 0.25) is 10.0 Å². The van der Waals surface area contributed by atoms with Crippen LogP contribution in [0.15, 0.2) is 29.2 Å². The second-order valence-electron chi connectivity index (χ2n) is 7.28. The van der Waals surface area contributed by atoms with Gasteiger partial charge in [-0.25, -0.2) is 8.42 Å². The molecule has 1 aliphatic heterocycles. The lowest BCUT2D eigenvalue weighted by Gasteiger charge is -2.31. The molecule has 0 aliphatic carbocycles. The highest BCUT2D eigenvalue weighted by Crippen LogP contribution is 2.18. The quantitative estimate of drug-likeness (QED) is 0.742. The van der Waals surface area contributed by atoms with Crippen molar-refractivity contribution in [2.45, 2.75) is 50.8 Å². The number of hydrogen-bond acceptors (Lipinski definition) is 4. The van der Waals surface area contributed by atoms with Crippen LogP contribution in [0, 0.1) is 0 Å². The van der Waals surface area contributed by atoms with Crippen LogP contribution in [0.4, 0.5) is 5.69 Å². The molecule has 1 heterocycles. The molecular formula is C18H30N3O4S+. The smallest absolute Gasteiger partial charge is 0.279 e. The van der Waals surface area contributed by atoms with Crippen LogP contribution in [0.25, 0.3) is 0 Å². The number of nitrogens with zero attached hydrogens (tertiary/aromatic N) is 1. The van der Waals surface area contributed by atoms with E-state index in [4.69, 9.17) is 4.74 Å². The average molecular weight is 385 g/mol. The first-order valence-electron chi connectivity index (χ1n) is 8.96. The van der Waals surface area contributed by atoms with Crippen molar-refractivity contribution in [3.63, 3.8) is 0 Å². The standard InChI is InChI=1S/C18H29N3O4S/c1-13(2)20(5)26(23,24)17-8-6-16(7-9-17)19-18(22)12-21-10-14(3)25-15(4)11-21/h6-9,13-15H,10-12H2,1-5H3,(H,19,22)/p+1/t14-,15-/m0/s1. The van der Waals surface area contributed by atoms with Gasteiger partial charge in [-0.05, 0) is 52.0 Å². The van der Waals surface area contributed by atoms with Gasteiger partial charge in [-0.2, -0.15) is 4.31 Å². The molecule has 8 heteroatoms. The Labute approximate surface area is 156 Å². The summed E-state index contributed by atoms with van der Waals surface area (Å²) in [6.07, 6.45) is 0.285.